The first kappa shape index (κ1) is 14.5. The molecule has 2 aromatic heterocycles. The lowest BCUT2D eigenvalue weighted by Gasteiger charge is -2.05. The Labute approximate surface area is 121 Å². The van der Waals surface area contributed by atoms with E-state index in [2.05, 4.69) is 10.1 Å². The summed E-state index contributed by atoms with van der Waals surface area (Å²) in [6.07, 6.45) is 1.07. The van der Waals surface area contributed by atoms with E-state index in [-0.39, 0.29) is 10.6 Å². The molecule has 106 valence electrons. The number of nitro groups is 1. The maximum atomic E-state index is 11.2. The van der Waals surface area contributed by atoms with Crippen molar-refractivity contribution in [1.82, 2.24) is 14.8 Å². The Morgan fingerprint density at radius 1 is 1.35 bits per heavy atom. The zero-order valence-electron chi connectivity index (χ0n) is 11.3. The van der Waals surface area contributed by atoms with Gasteiger partial charge in [0.2, 0.25) is 0 Å². The van der Waals surface area contributed by atoms with E-state index in [4.69, 9.17) is 11.6 Å². The van der Waals surface area contributed by atoms with E-state index in [0.29, 0.717) is 35.9 Å². The van der Waals surface area contributed by atoms with Crippen LogP contribution in [0.5, 0.6) is 0 Å². The fourth-order valence-electron chi connectivity index (χ4n) is 2.16. The molecule has 0 atom stereocenters. The molecule has 0 amide bonds. The van der Waals surface area contributed by atoms with E-state index in [9.17, 15) is 10.1 Å². The van der Waals surface area contributed by atoms with Gasteiger partial charge in [0.25, 0.3) is 0 Å². The van der Waals surface area contributed by atoms with Crippen LogP contribution >= 0.6 is 11.6 Å². The second kappa shape index (κ2) is 6.00. The number of rotatable bonds is 5. The van der Waals surface area contributed by atoms with Gasteiger partial charge in [0.05, 0.1) is 17.2 Å². The summed E-state index contributed by atoms with van der Waals surface area (Å²) in [4.78, 5) is 15.0. The highest BCUT2D eigenvalue weighted by Gasteiger charge is 2.25. The van der Waals surface area contributed by atoms with Gasteiger partial charge in [-0.05, 0) is 25.0 Å². The summed E-state index contributed by atoms with van der Waals surface area (Å²) in [7, 11) is 0. The Hall–Kier alpha value is -1.95. The van der Waals surface area contributed by atoms with Crippen LogP contribution in [0.25, 0.3) is 0 Å². The monoisotopic (exact) mass is 294 g/mol. The van der Waals surface area contributed by atoms with Crippen LogP contribution in [0.3, 0.4) is 0 Å². The molecule has 0 saturated carbocycles. The molecule has 20 heavy (non-hydrogen) atoms. The minimum atomic E-state index is -0.355. The third-order valence-corrected chi connectivity index (χ3v) is 3.25. The second-order valence-electron chi connectivity index (χ2n) is 4.32. The van der Waals surface area contributed by atoms with E-state index in [1.165, 1.54) is 0 Å². The number of hydrogen-bond acceptors (Lipinski definition) is 4. The third-order valence-electron chi connectivity index (χ3n) is 3.04. The molecular weight excluding hydrogens is 280 g/mol. The maximum Gasteiger partial charge on any atom is 0.313 e. The number of aromatic nitrogens is 3. The molecule has 0 fully saturated rings. The predicted octanol–water partition coefficient (Wildman–Crippen LogP) is 3.01. The highest BCUT2D eigenvalue weighted by Crippen LogP contribution is 2.25. The molecule has 0 saturated heterocycles. The number of pyridine rings is 1. The molecule has 0 bridgehead atoms. The quantitative estimate of drug-likeness (QED) is 0.482. The van der Waals surface area contributed by atoms with Crippen molar-refractivity contribution in [3.8, 4) is 0 Å². The van der Waals surface area contributed by atoms with Gasteiger partial charge in [0.15, 0.2) is 0 Å². The van der Waals surface area contributed by atoms with Crippen LogP contribution in [0.15, 0.2) is 18.2 Å². The number of aryl methyl sites for hydroxylation is 1. The molecule has 6 nitrogen and oxygen atoms in total. The van der Waals surface area contributed by atoms with Crippen LogP contribution in [-0.2, 0) is 19.4 Å². The molecule has 0 aliphatic heterocycles. The molecule has 0 aliphatic carbocycles. The smallest absolute Gasteiger partial charge is 0.258 e. The minimum Gasteiger partial charge on any atom is -0.258 e. The largest absolute Gasteiger partial charge is 0.313 e. The van der Waals surface area contributed by atoms with Gasteiger partial charge in [-0.25, -0.2) is 4.98 Å². The van der Waals surface area contributed by atoms with Gasteiger partial charge in [-0.3, -0.25) is 14.8 Å². The van der Waals surface area contributed by atoms with Crippen LogP contribution < -0.4 is 0 Å². The highest BCUT2D eigenvalue weighted by molar-refractivity contribution is 6.29. The number of halogens is 1. The van der Waals surface area contributed by atoms with Crippen LogP contribution in [0.2, 0.25) is 5.15 Å². The van der Waals surface area contributed by atoms with Gasteiger partial charge in [0, 0.05) is 0 Å². The first-order valence-corrected chi connectivity index (χ1v) is 6.79. The second-order valence-corrected chi connectivity index (χ2v) is 4.70. The summed E-state index contributed by atoms with van der Waals surface area (Å²) in [5, 5.41) is 15.9. The molecule has 0 aliphatic rings. The Morgan fingerprint density at radius 2 is 2.10 bits per heavy atom. The molecule has 7 heteroatoms. The van der Waals surface area contributed by atoms with Gasteiger partial charge in [-0.1, -0.05) is 31.5 Å². The summed E-state index contributed by atoms with van der Waals surface area (Å²) in [6.45, 7) is 4.12. The first-order valence-electron chi connectivity index (χ1n) is 6.41. The fourth-order valence-corrected chi connectivity index (χ4v) is 2.34. The molecule has 2 aromatic rings. The Morgan fingerprint density at radius 3 is 2.65 bits per heavy atom. The maximum absolute atomic E-state index is 11.2. The molecule has 0 radical (unpaired) electrons. The van der Waals surface area contributed by atoms with Crippen molar-refractivity contribution in [3.05, 3.63) is 50.5 Å². The average molecular weight is 295 g/mol. The zero-order chi connectivity index (χ0) is 14.7. The minimum absolute atomic E-state index is 0.122. The van der Waals surface area contributed by atoms with Crippen molar-refractivity contribution >= 4 is 17.3 Å². The van der Waals surface area contributed by atoms with E-state index < -0.39 is 0 Å². The van der Waals surface area contributed by atoms with E-state index in [0.717, 1.165) is 5.69 Å². The van der Waals surface area contributed by atoms with Crippen molar-refractivity contribution in [3.63, 3.8) is 0 Å². The molecule has 0 N–H and O–H groups in total. The molecule has 2 rings (SSSR count). The van der Waals surface area contributed by atoms with E-state index >= 15 is 0 Å². The SMILES string of the molecule is CCc1nn(Cc2cccc(Cl)n2)c(CC)c1[N+](=O)[O-]. The van der Waals surface area contributed by atoms with Crippen molar-refractivity contribution in [2.75, 3.05) is 0 Å². The average Bonchev–Trinajstić information content (AvgIpc) is 2.76. The van der Waals surface area contributed by atoms with Gasteiger partial charge >= 0.3 is 5.69 Å². The Bertz CT molecular complexity index is 639. The van der Waals surface area contributed by atoms with Crippen molar-refractivity contribution in [1.29, 1.82) is 0 Å². The van der Waals surface area contributed by atoms with Crippen molar-refractivity contribution in [2.24, 2.45) is 0 Å². The van der Waals surface area contributed by atoms with Gasteiger partial charge in [-0.15, -0.1) is 0 Å². The molecule has 0 unspecified atom stereocenters. The van der Waals surface area contributed by atoms with Crippen LogP contribution in [0.1, 0.15) is 30.9 Å². The lowest BCUT2D eigenvalue weighted by molar-refractivity contribution is -0.386. The van der Waals surface area contributed by atoms with E-state index in [1.807, 2.05) is 19.9 Å². The number of hydrogen-bond donors (Lipinski definition) is 0. The summed E-state index contributed by atoms with van der Waals surface area (Å²) in [5.74, 6) is 0. The molecule has 0 spiro atoms. The lowest BCUT2D eigenvalue weighted by atomic mass is 10.2. The Kier molecular flexibility index (Phi) is 4.34. The van der Waals surface area contributed by atoms with Crippen LogP contribution in [-0.4, -0.2) is 19.7 Å². The van der Waals surface area contributed by atoms with Crippen molar-refractivity contribution < 1.29 is 4.92 Å². The van der Waals surface area contributed by atoms with Crippen molar-refractivity contribution in [2.45, 2.75) is 33.2 Å². The number of nitrogens with zero attached hydrogens (tertiary/aromatic N) is 4. The zero-order valence-corrected chi connectivity index (χ0v) is 12.1. The normalized spacial score (nSPS) is 10.8. The van der Waals surface area contributed by atoms with Crippen LogP contribution in [0, 0.1) is 10.1 Å². The Balaban J connectivity index is 2.44. The summed E-state index contributed by atoms with van der Waals surface area (Å²) >= 11 is 5.85. The topological polar surface area (TPSA) is 73.8 Å². The highest BCUT2D eigenvalue weighted by atomic mass is 35.5. The lowest BCUT2D eigenvalue weighted by Crippen LogP contribution is -2.08. The molecule has 0 aromatic carbocycles. The van der Waals surface area contributed by atoms with Gasteiger partial charge < -0.3 is 0 Å². The summed E-state index contributed by atoms with van der Waals surface area (Å²) in [6, 6.07) is 5.31. The van der Waals surface area contributed by atoms with Gasteiger partial charge in [-0.2, -0.15) is 5.10 Å². The standard InChI is InChI=1S/C13H15ClN4O2/c1-3-10-13(18(19)20)11(4-2)17(16-10)8-9-6-5-7-12(14)15-9/h5-7H,3-4,8H2,1-2H3. The summed E-state index contributed by atoms with van der Waals surface area (Å²) in [5.41, 5.74) is 1.98. The predicted molar refractivity (Wildman–Crippen MR) is 76.0 cm³/mol. The fraction of sp³-hybridized carbons (Fsp3) is 0.385. The van der Waals surface area contributed by atoms with E-state index in [1.54, 1.807) is 16.8 Å². The third kappa shape index (κ3) is 2.80. The molecular formula is C13H15ClN4O2. The summed E-state index contributed by atoms with van der Waals surface area (Å²) < 4.78 is 1.65. The van der Waals surface area contributed by atoms with Gasteiger partial charge in [0.1, 0.15) is 16.5 Å². The first-order chi connectivity index (χ1) is 9.56. The molecule has 2 heterocycles. The van der Waals surface area contributed by atoms with Crippen LogP contribution in [0.4, 0.5) is 5.69 Å².